The average Bonchev–Trinajstić information content (AvgIpc) is 2.47. The number of aryl methyl sites for hydroxylation is 1. The first kappa shape index (κ1) is 14.5. The topological polar surface area (TPSA) is 28.2 Å². The lowest BCUT2D eigenvalue weighted by Gasteiger charge is -2.41. The number of pyridine rings is 1. The summed E-state index contributed by atoms with van der Waals surface area (Å²) in [4.78, 5) is 7.21. The molecule has 1 unspecified atom stereocenters. The molecule has 1 aliphatic rings. The second-order valence-electron chi connectivity index (χ2n) is 6.49. The van der Waals surface area contributed by atoms with Crippen LogP contribution in [0, 0.1) is 6.92 Å². The molecule has 1 N–H and O–H groups in total. The second-order valence-corrected chi connectivity index (χ2v) is 6.49. The minimum Gasteiger partial charge on any atom is -0.309 e. The van der Waals surface area contributed by atoms with Crippen LogP contribution in [0.25, 0.3) is 10.9 Å². The number of nitrogens with one attached hydrogen (secondary N) is 1. The predicted molar refractivity (Wildman–Crippen MR) is 88.5 cm³/mol. The quantitative estimate of drug-likeness (QED) is 0.938. The van der Waals surface area contributed by atoms with E-state index in [4.69, 9.17) is 0 Å². The number of hydrogen-bond donors (Lipinski definition) is 1. The van der Waals surface area contributed by atoms with Crippen molar-refractivity contribution >= 4 is 10.9 Å². The number of para-hydroxylation sites is 1. The first-order chi connectivity index (χ1) is 10.1. The molecule has 112 valence electrons. The molecule has 1 saturated heterocycles. The zero-order chi connectivity index (χ0) is 14.9. The highest BCUT2D eigenvalue weighted by atomic mass is 15.2. The highest BCUT2D eigenvalue weighted by Crippen LogP contribution is 2.22. The summed E-state index contributed by atoms with van der Waals surface area (Å²) in [6.45, 7) is 11.0. The van der Waals surface area contributed by atoms with Gasteiger partial charge in [-0.2, -0.15) is 0 Å². The first-order valence-corrected chi connectivity index (χ1v) is 7.92. The number of hydrogen-bond acceptors (Lipinski definition) is 3. The van der Waals surface area contributed by atoms with Crippen LogP contribution in [0.1, 0.15) is 31.5 Å². The van der Waals surface area contributed by atoms with Crippen LogP contribution in [-0.4, -0.2) is 35.1 Å². The Bertz CT molecular complexity index is 637. The van der Waals surface area contributed by atoms with Gasteiger partial charge in [-0.25, -0.2) is 0 Å². The summed E-state index contributed by atoms with van der Waals surface area (Å²) in [5.41, 5.74) is 3.87. The standard InChI is InChI=1S/C18H25N3/c1-4-18(3)13-21(10-9-19-18)12-15-11-14(2)20-17-8-6-5-7-16(15)17/h5-8,11,19H,4,9-10,12-13H2,1-3H3. The molecule has 3 nitrogen and oxygen atoms in total. The molecule has 0 saturated carbocycles. The van der Waals surface area contributed by atoms with Crippen LogP contribution >= 0.6 is 0 Å². The predicted octanol–water partition coefficient (Wildman–Crippen LogP) is 3.12. The van der Waals surface area contributed by atoms with Crippen molar-refractivity contribution in [3.63, 3.8) is 0 Å². The summed E-state index contributed by atoms with van der Waals surface area (Å²) in [6.07, 6.45) is 1.17. The minimum absolute atomic E-state index is 0.246. The van der Waals surface area contributed by atoms with Gasteiger partial charge in [0.1, 0.15) is 0 Å². The average molecular weight is 283 g/mol. The number of fused-ring (bicyclic) bond motifs is 1. The number of benzene rings is 1. The normalized spacial score (nSPS) is 23.6. The van der Waals surface area contributed by atoms with Crippen molar-refractivity contribution < 1.29 is 0 Å². The Hall–Kier alpha value is -1.45. The molecule has 2 heterocycles. The van der Waals surface area contributed by atoms with Gasteiger partial charge in [-0.15, -0.1) is 0 Å². The maximum absolute atomic E-state index is 4.64. The molecule has 3 rings (SSSR count). The number of aromatic nitrogens is 1. The molecule has 1 atom stereocenters. The number of piperazine rings is 1. The lowest BCUT2D eigenvalue weighted by molar-refractivity contribution is 0.134. The Morgan fingerprint density at radius 2 is 2.14 bits per heavy atom. The summed E-state index contributed by atoms with van der Waals surface area (Å²) in [7, 11) is 0. The highest BCUT2D eigenvalue weighted by Gasteiger charge is 2.28. The summed E-state index contributed by atoms with van der Waals surface area (Å²) < 4.78 is 0. The van der Waals surface area contributed by atoms with E-state index >= 15 is 0 Å². The third-order valence-corrected chi connectivity index (χ3v) is 4.66. The van der Waals surface area contributed by atoms with E-state index in [0.717, 1.165) is 37.4 Å². The lowest BCUT2D eigenvalue weighted by atomic mass is 9.95. The van der Waals surface area contributed by atoms with Gasteiger partial charge in [0.15, 0.2) is 0 Å². The molecule has 0 radical (unpaired) electrons. The zero-order valence-corrected chi connectivity index (χ0v) is 13.3. The fourth-order valence-corrected chi connectivity index (χ4v) is 3.28. The maximum Gasteiger partial charge on any atom is 0.0708 e. The molecular weight excluding hydrogens is 258 g/mol. The summed E-state index contributed by atoms with van der Waals surface area (Å²) in [6, 6.07) is 10.7. The Labute approximate surface area is 127 Å². The van der Waals surface area contributed by atoms with E-state index in [1.165, 1.54) is 17.4 Å². The van der Waals surface area contributed by atoms with E-state index in [2.05, 4.69) is 66.3 Å². The van der Waals surface area contributed by atoms with E-state index in [1.807, 2.05) is 0 Å². The van der Waals surface area contributed by atoms with Crippen LogP contribution in [0.3, 0.4) is 0 Å². The zero-order valence-electron chi connectivity index (χ0n) is 13.3. The largest absolute Gasteiger partial charge is 0.309 e. The Morgan fingerprint density at radius 3 is 2.95 bits per heavy atom. The monoisotopic (exact) mass is 283 g/mol. The SMILES string of the molecule is CCC1(C)CN(Cc2cc(C)nc3ccccc23)CCN1. The van der Waals surface area contributed by atoms with E-state index < -0.39 is 0 Å². The van der Waals surface area contributed by atoms with Crippen molar-refractivity contribution in [3.8, 4) is 0 Å². The van der Waals surface area contributed by atoms with Crippen LogP contribution in [0.4, 0.5) is 0 Å². The number of rotatable bonds is 3. The molecule has 21 heavy (non-hydrogen) atoms. The van der Waals surface area contributed by atoms with Crippen molar-refractivity contribution in [3.05, 3.63) is 41.6 Å². The van der Waals surface area contributed by atoms with Gasteiger partial charge in [0.25, 0.3) is 0 Å². The highest BCUT2D eigenvalue weighted by molar-refractivity contribution is 5.82. The lowest BCUT2D eigenvalue weighted by Crippen LogP contribution is -2.58. The second kappa shape index (κ2) is 5.74. The van der Waals surface area contributed by atoms with Gasteiger partial charge < -0.3 is 5.32 Å². The summed E-state index contributed by atoms with van der Waals surface area (Å²) in [5, 5.41) is 4.95. The van der Waals surface area contributed by atoms with E-state index in [1.54, 1.807) is 0 Å². The van der Waals surface area contributed by atoms with Gasteiger partial charge in [0, 0.05) is 42.8 Å². The Morgan fingerprint density at radius 1 is 1.33 bits per heavy atom. The summed E-state index contributed by atoms with van der Waals surface area (Å²) >= 11 is 0. The Balaban J connectivity index is 1.88. The summed E-state index contributed by atoms with van der Waals surface area (Å²) in [5.74, 6) is 0. The van der Waals surface area contributed by atoms with E-state index in [-0.39, 0.29) is 5.54 Å². The van der Waals surface area contributed by atoms with E-state index in [0.29, 0.717) is 0 Å². The van der Waals surface area contributed by atoms with Crippen molar-refractivity contribution in [2.24, 2.45) is 0 Å². The van der Waals surface area contributed by atoms with Gasteiger partial charge in [-0.1, -0.05) is 25.1 Å². The van der Waals surface area contributed by atoms with Gasteiger partial charge in [-0.05, 0) is 38.0 Å². The molecule has 0 bridgehead atoms. The van der Waals surface area contributed by atoms with Crippen molar-refractivity contribution in [2.45, 2.75) is 39.3 Å². The van der Waals surface area contributed by atoms with Crippen LogP contribution < -0.4 is 5.32 Å². The molecule has 2 aromatic rings. The molecule has 1 aliphatic heterocycles. The Kier molecular flexibility index (Phi) is 3.96. The van der Waals surface area contributed by atoms with Crippen molar-refractivity contribution in [1.82, 2.24) is 15.2 Å². The molecule has 0 spiro atoms. The van der Waals surface area contributed by atoms with Gasteiger partial charge in [-0.3, -0.25) is 9.88 Å². The van der Waals surface area contributed by atoms with Crippen molar-refractivity contribution in [2.75, 3.05) is 19.6 Å². The molecular formula is C18H25N3. The third kappa shape index (κ3) is 3.09. The van der Waals surface area contributed by atoms with Gasteiger partial charge in [0.2, 0.25) is 0 Å². The van der Waals surface area contributed by atoms with E-state index in [9.17, 15) is 0 Å². The molecule has 1 aromatic carbocycles. The smallest absolute Gasteiger partial charge is 0.0708 e. The van der Waals surface area contributed by atoms with Crippen molar-refractivity contribution in [1.29, 1.82) is 0 Å². The fraction of sp³-hybridized carbons (Fsp3) is 0.500. The molecule has 3 heteroatoms. The van der Waals surface area contributed by atoms with Crippen LogP contribution in [-0.2, 0) is 6.54 Å². The minimum atomic E-state index is 0.246. The third-order valence-electron chi connectivity index (χ3n) is 4.66. The number of nitrogens with zero attached hydrogens (tertiary/aromatic N) is 2. The van der Waals surface area contributed by atoms with Crippen LogP contribution in [0.5, 0.6) is 0 Å². The fourth-order valence-electron chi connectivity index (χ4n) is 3.28. The van der Waals surface area contributed by atoms with Crippen LogP contribution in [0.2, 0.25) is 0 Å². The molecule has 0 amide bonds. The molecule has 0 aliphatic carbocycles. The van der Waals surface area contributed by atoms with Crippen LogP contribution in [0.15, 0.2) is 30.3 Å². The maximum atomic E-state index is 4.64. The molecule has 1 aromatic heterocycles. The molecule has 1 fully saturated rings. The first-order valence-electron chi connectivity index (χ1n) is 7.92. The van der Waals surface area contributed by atoms with Gasteiger partial charge >= 0.3 is 0 Å². The van der Waals surface area contributed by atoms with Gasteiger partial charge in [0.05, 0.1) is 5.52 Å².